The van der Waals surface area contributed by atoms with Crippen LogP contribution in [-0.4, -0.2) is 68.1 Å². The first-order chi connectivity index (χ1) is 27.9. The maximum absolute atomic E-state index is 12.2. The highest BCUT2D eigenvalue weighted by atomic mass is 16.2. The fraction of sp³-hybridized carbons (Fsp3) is 0.333. The summed E-state index contributed by atoms with van der Waals surface area (Å²) in [5.41, 5.74) is 15.3. The van der Waals surface area contributed by atoms with Crippen LogP contribution in [0.1, 0.15) is 42.4 Å². The molecule has 7 rings (SSSR count). The molecule has 0 spiro atoms. The number of likely N-dealkylation sites (tertiary alicyclic amines) is 1. The van der Waals surface area contributed by atoms with Gasteiger partial charge in [0.2, 0.25) is 0 Å². The Labute approximate surface area is 335 Å². The average Bonchev–Trinajstić information content (AvgIpc) is 3.25. The van der Waals surface area contributed by atoms with Crippen LogP contribution in [0.5, 0.6) is 0 Å². The molecule has 9 N–H and O–H groups in total. The molecule has 57 heavy (non-hydrogen) atoms. The van der Waals surface area contributed by atoms with E-state index in [2.05, 4.69) is 102 Å². The second-order valence-corrected chi connectivity index (χ2v) is 14.7. The number of benzene rings is 5. The van der Waals surface area contributed by atoms with Crippen LogP contribution in [0.4, 0.5) is 9.59 Å². The van der Waals surface area contributed by atoms with E-state index in [0.717, 1.165) is 80.3 Å². The number of amides is 4. The highest BCUT2D eigenvalue weighted by Gasteiger charge is 2.20. The predicted octanol–water partition coefficient (Wildman–Crippen LogP) is 5.82. The Hall–Kier alpha value is -5.98. The van der Waals surface area contributed by atoms with Crippen LogP contribution in [0.15, 0.2) is 125 Å². The van der Waals surface area contributed by atoms with Crippen molar-refractivity contribution in [3.8, 4) is 0 Å². The van der Waals surface area contributed by atoms with E-state index in [-0.39, 0.29) is 24.0 Å². The summed E-state index contributed by atoms with van der Waals surface area (Å²) in [6, 6.07) is 38.5. The van der Waals surface area contributed by atoms with Crippen molar-refractivity contribution in [3.05, 3.63) is 132 Å². The summed E-state index contributed by atoms with van der Waals surface area (Å²) in [6.07, 6.45) is 4.34. The monoisotopic (exact) mass is 768 g/mol. The number of carbonyl (C=O) groups excluding carboxylic acids is 2. The van der Waals surface area contributed by atoms with Crippen LogP contribution in [-0.2, 0) is 19.6 Å². The first kappa shape index (κ1) is 40.7. The van der Waals surface area contributed by atoms with Gasteiger partial charge in [0.05, 0.1) is 13.1 Å². The van der Waals surface area contributed by atoms with Crippen molar-refractivity contribution >= 4 is 45.5 Å². The minimum absolute atomic E-state index is 0.133. The lowest BCUT2D eigenvalue weighted by Gasteiger charge is -2.32. The number of nitrogens with zero attached hydrogens (tertiary/aromatic N) is 3. The SMILES string of the molecule is NC(=NCc1cccc2ccccc12)NC(=O)NCC1CCN(Cc2ccccc2)CC1.NC(=NCc1cccc2ccccc12)NC(=O)NCC1CCNCC1. The first-order valence-electron chi connectivity index (χ1n) is 20.0. The smallest absolute Gasteiger partial charge is 0.321 e. The molecule has 2 aliphatic heterocycles. The highest BCUT2D eigenvalue weighted by molar-refractivity contribution is 5.96. The van der Waals surface area contributed by atoms with Crippen LogP contribution in [0, 0.1) is 11.8 Å². The number of aliphatic imine (C=N–C) groups is 2. The molecule has 0 aliphatic carbocycles. The highest BCUT2D eigenvalue weighted by Crippen LogP contribution is 2.21. The van der Waals surface area contributed by atoms with E-state index in [1.165, 1.54) is 16.3 Å². The second-order valence-electron chi connectivity index (χ2n) is 14.7. The Morgan fingerprint density at radius 2 is 1.05 bits per heavy atom. The molecule has 12 nitrogen and oxygen atoms in total. The molecule has 2 saturated heterocycles. The van der Waals surface area contributed by atoms with Crippen molar-refractivity contribution in [1.82, 2.24) is 31.5 Å². The Morgan fingerprint density at radius 3 is 1.58 bits per heavy atom. The number of nitrogens with two attached hydrogens (primary N) is 2. The van der Waals surface area contributed by atoms with Gasteiger partial charge in [-0.15, -0.1) is 0 Å². The van der Waals surface area contributed by atoms with E-state index in [9.17, 15) is 9.59 Å². The molecule has 4 amide bonds. The molecule has 0 radical (unpaired) electrons. The Bertz CT molecular complexity index is 2100. The van der Waals surface area contributed by atoms with Gasteiger partial charge in [-0.2, -0.15) is 0 Å². The number of nitrogens with one attached hydrogen (secondary N) is 5. The molecule has 2 aliphatic rings. The van der Waals surface area contributed by atoms with Crippen LogP contribution in [0.25, 0.3) is 21.5 Å². The van der Waals surface area contributed by atoms with Crippen molar-refractivity contribution in [2.45, 2.75) is 45.3 Å². The van der Waals surface area contributed by atoms with E-state index >= 15 is 0 Å². The van der Waals surface area contributed by atoms with Gasteiger partial charge in [0.25, 0.3) is 0 Å². The summed E-state index contributed by atoms with van der Waals surface area (Å²) >= 11 is 0. The molecular weight excluding hydrogens is 713 g/mol. The molecule has 298 valence electrons. The van der Waals surface area contributed by atoms with Crippen LogP contribution < -0.4 is 38.1 Å². The summed E-state index contributed by atoms with van der Waals surface area (Å²) < 4.78 is 0. The number of piperidine rings is 2. The third-order valence-electron chi connectivity index (χ3n) is 10.6. The number of hydrogen-bond acceptors (Lipinski definition) is 6. The van der Waals surface area contributed by atoms with E-state index in [4.69, 9.17) is 11.5 Å². The number of hydrogen-bond donors (Lipinski definition) is 7. The topological polar surface area (TPSA) is 174 Å². The van der Waals surface area contributed by atoms with Gasteiger partial charge >= 0.3 is 12.1 Å². The summed E-state index contributed by atoms with van der Waals surface area (Å²) in [6.45, 7) is 7.31. The van der Waals surface area contributed by atoms with Gasteiger partial charge in [0, 0.05) is 19.6 Å². The van der Waals surface area contributed by atoms with Crippen molar-refractivity contribution in [2.75, 3.05) is 39.3 Å². The third-order valence-corrected chi connectivity index (χ3v) is 10.6. The maximum Gasteiger partial charge on any atom is 0.321 e. The van der Waals surface area contributed by atoms with Gasteiger partial charge in [0.1, 0.15) is 0 Å². The van der Waals surface area contributed by atoms with Crippen LogP contribution in [0.3, 0.4) is 0 Å². The summed E-state index contributed by atoms with van der Waals surface area (Å²) in [4.78, 5) is 35.3. The normalized spacial score (nSPS) is 15.7. The Balaban J connectivity index is 0.000000199. The molecule has 0 saturated carbocycles. The molecule has 2 heterocycles. The van der Waals surface area contributed by atoms with E-state index in [1.54, 1.807) is 0 Å². The van der Waals surface area contributed by atoms with Gasteiger partial charge in [-0.25, -0.2) is 19.6 Å². The number of urea groups is 2. The Morgan fingerprint density at radius 1 is 0.596 bits per heavy atom. The van der Waals surface area contributed by atoms with Crippen molar-refractivity contribution in [2.24, 2.45) is 33.3 Å². The molecule has 0 aromatic heterocycles. The molecule has 5 aromatic rings. The predicted molar refractivity (Wildman–Crippen MR) is 232 cm³/mol. The van der Waals surface area contributed by atoms with Gasteiger partial charge < -0.3 is 27.4 Å². The lowest BCUT2D eigenvalue weighted by atomic mass is 9.96. The standard InChI is InChI=1S/C26H31N5O.C19H25N5O/c27-25(28-18-23-11-6-10-22-9-4-5-12-24(22)23)30-26(32)29-17-20-13-15-31(16-14-20)19-21-7-2-1-3-8-21;20-18(24-19(25)23-12-14-8-10-21-11-9-14)22-13-16-6-3-5-15-4-1-2-7-17(15)16/h1-12,20H,13-19H2,(H4,27,28,29,30,32);1-7,14,21H,8-13H2,(H4,20,22,23,24,25). The number of guanidine groups is 2. The van der Waals surface area contributed by atoms with Gasteiger partial charge in [0.15, 0.2) is 11.9 Å². The summed E-state index contributed by atoms with van der Waals surface area (Å²) in [7, 11) is 0. The van der Waals surface area contributed by atoms with E-state index < -0.39 is 0 Å². The number of carbonyl (C=O) groups is 2. The van der Waals surface area contributed by atoms with E-state index in [0.29, 0.717) is 38.0 Å². The van der Waals surface area contributed by atoms with Crippen molar-refractivity contribution in [3.63, 3.8) is 0 Å². The molecule has 5 aromatic carbocycles. The Kier molecular flexibility index (Phi) is 15.2. The van der Waals surface area contributed by atoms with Crippen LogP contribution >= 0.6 is 0 Å². The minimum Gasteiger partial charge on any atom is -0.370 e. The van der Waals surface area contributed by atoms with Crippen LogP contribution in [0.2, 0.25) is 0 Å². The number of fused-ring (bicyclic) bond motifs is 2. The second kappa shape index (κ2) is 21.4. The summed E-state index contributed by atoms with van der Waals surface area (Å²) in [5, 5.41) is 19.0. The lowest BCUT2D eigenvalue weighted by Crippen LogP contribution is -2.46. The first-order valence-corrected chi connectivity index (χ1v) is 20.0. The molecule has 2 fully saturated rings. The molecular formula is C45H56N10O2. The molecule has 0 bridgehead atoms. The van der Waals surface area contributed by atoms with E-state index in [1.807, 2.05) is 54.6 Å². The fourth-order valence-electron chi connectivity index (χ4n) is 7.35. The average molecular weight is 769 g/mol. The lowest BCUT2D eigenvalue weighted by molar-refractivity contribution is 0.175. The minimum atomic E-state index is -0.295. The largest absolute Gasteiger partial charge is 0.370 e. The third kappa shape index (κ3) is 13.0. The molecule has 0 atom stereocenters. The van der Waals surface area contributed by atoms with Gasteiger partial charge in [-0.3, -0.25) is 15.5 Å². The fourth-order valence-corrected chi connectivity index (χ4v) is 7.35. The molecule has 12 heteroatoms. The zero-order chi connectivity index (χ0) is 39.7. The summed E-state index contributed by atoms with van der Waals surface area (Å²) in [5.74, 6) is 1.28. The molecule has 0 unspecified atom stereocenters. The maximum atomic E-state index is 12.2. The van der Waals surface area contributed by atoms with Gasteiger partial charge in [-0.1, -0.05) is 115 Å². The van der Waals surface area contributed by atoms with Crippen molar-refractivity contribution < 1.29 is 9.59 Å². The zero-order valence-electron chi connectivity index (χ0n) is 32.6. The van der Waals surface area contributed by atoms with Crippen molar-refractivity contribution in [1.29, 1.82) is 0 Å². The number of rotatable bonds is 10. The quantitative estimate of drug-likeness (QED) is 0.0697. The zero-order valence-corrected chi connectivity index (χ0v) is 32.6. The van der Waals surface area contributed by atoms with Gasteiger partial charge in [-0.05, 0) is 102 Å².